The number of likely N-dealkylation sites (tertiary alicyclic amines) is 1. The molecule has 0 aliphatic carbocycles. The molecular weight excluding hydrogens is 384 g/mol. The first kappa shape index (κ1) is 20.9. The summed E-state index contributed by atoms with van der Waals surface area (Å²) < 4.78 is 0. The van der Waals surface area contributed by atoms with Crippen LogP contribution in [-0.2, 0) is 11.2 Å². The van der Waals surface area contributed by atoms with E-state index in [1.807, 2.05) is 53.4 Å². The van der Waals surface area contributed by atoms with E-state index >= 15 is 0 Å². The van der Waals surface area contributed by atoms with Gasteiger partial charge in [-0.3, -0.25) is 9.59 Å². The Morgan fingerprint density at radius 3 is 1.94 bits per heavy atom. The van der Waals surface area contributed by atoms with Crippen molar-refractivity contribution in [3.05, 3.63) is 96.1 Å². The summed E-state index contributed by atoms with van der Waals surface area (Å²) in [6, 6.07) is 28.1. The van der Waals surface area contributed by atoms with Gasteiger partial charge in [0.2, 0.25) is 5.91 Å². The third-order valence-electron chi connectivity index (χ3n) is 6.34. The summed E-state index contributed by atoms with van der Waals surface area (Å²) >= 11 is 0. The normalized spacial score (nSPS) is 15.3. The van der Waals surface area contributed by atoms with Crippen molar-refractivity contribution < 1.29 is 9.59 Å². The van der Waals surface area contributed by atoms with E-state index in [1.54, 1.807) is 7.05 Å². The molecule has 31 heavy (non-hydrogen) atoms. The number of benzene rings is 3. The van der Waals surface area contributed by atoms with Gasteiger partial charge >= 0.3 is 0 Å². The molecule has 0 spiro atoms. The average Bonchev–Trinajstić information content (AvgIpc) is 2.85. The largest absolute Gasteiger partial charge is 0.359 e. The fourth-order valence-electron chi connectivity index (χ4n) is 4.49. The number of hydrogen-bond acceptors (Lipinski definition) is 2. The highest BCUT2D eigenvalue weighted by atomic mass is 16.2. The van der Waals surface area contributed by atoms with E-state index < -0.39 is 5.41 Å². The highest BCUT2D eigenvalue weighted by Crippen LogP contribution is 2.36. The molecule has 1 heterocycles. The van der Waals surface area contributed by atoms with Gasteiger partial charge < -0.3 is 10.2 Å². The summed E-state index contributed by atoms with van der Waals surface area (Å²) in [5.41, 5.74) is 3.71. The number of amides is 2. The minimum absolute atomic E-state index is 0.0401. The van der Waals surface area contributed by atoms with Gasteiger partial charge in [0, 0.05) is 25.7 Å². The van der Waals surface area contributed by atoms with Crippen LogP contribution in [0.4, 0.5) is 0 Å². The fraction of sp³-hybridized carbons (Fsp3) is 0.259. The quantitative estimate of drug-likeness (QED) is 0.668. The Morgan fingerprint density at radius 2 is 1.35 bits per heavy atom. The molecule has 0 saturated carbocycles. The van der Waals surface area contributed by atoms with E-state index in [2.05, 4.69) is 41.7 Å². The highest BCUT2D eigenvalue weighted by molar-refractivity contribution is 5.94. The number of carbonyl (C=O) groups is 2. The monoisotopic (exact) mass is 412 g/mol. The Balaban J connectivity index is 1.48. The fourth-order valence-corrected chi connectivity index (χ4v) is 4.49. The summed E-state index contributed by atoms with van der Waals surface area (Å²) in [7, 11) is 1.70. The maximum Gasteiger partial charge on any atom is 0.253 e. The van der Waals surface area contributed by atoms with Crippen LogP contribution in [0, 0.1) is 5.41 Å². The summed E-state index contributed by atoms with van der Waals surface area (Å²) in [5, 5.41) is 2.87. The van der Waals surface area contributed by atoms with Crippen molar-refractivity contribution in [3.8, 4) is 11.1 Å². The summed E-state index contributed by atoms with van der Waals surface area (Å²) in [6.45, 7) is 1.17. The van der Waals surface area contributed by atoms with Crippen LogP contribution in [0.15, 0.2) is 84.9 Å². The number of hydrogen-bond donors (Lipinski definition) is 1. The van der Waals surface area contributed by atoms with E-state index in [-0.39, 0.29) is 11.8 Å². The minimum Gasteiger partial charge on any atom is -0.359 e. The number of piperidine rings is 1. The molecule has 0 atom stereocenters. The first-order valence-corrected chi connectivity index (χ1v) is 10.8. The van der Waals surface area contributed by atoms with Crippen molar-refractivity contribution >= 4 is 11.8 Å². The molecule has 3 aromatic carbocycles. The first-order chi connectivity index (χ1) is 15.1. The Hall–Kier alpha value is -3.40. The van der Waals surface area contributed by atoms with E-state index in [9.17, 15) is 9.59 Å². The zero-order chi connectivity index (χ0) is 21.7. The Kier molecular flexibility index (Phi) is 6.17. The van der Waals surface area contributed by atoms with Crippen LogP contribution < -0.4 is 5.32 Å². The Morgan fingerprint density at radius 1 is 0.806 bits per heavy atom. The second kappa shape index (κ2) is 9.17. The molecule has 3 aromatic rings. The standard InChI is InChI=1S/C27H28N2O2/c1-28-26(31)27(16-18-29(19-17-27)25(30)24-10-6-3-7-11-24)20-21-12-14-23(15-13-21)22-8-4-2-5-9-22/h2-15H,16-20H2,1H3,(H,28,31). The Bertz CT molecular complexity index is 1020. The SMILES string of the molecule is CNC(=O)C1(Cc2ccc(-c3ccccc3)cc2)CCN(C(=O)c2ccccc2)CC1. The van der Waals surface area contributed by atoms with Crippen molar-refractivity contribution in [2.75, 3.05) is 20.1 Å². The Labute approximate surface area is 183 Å². The molecule has 4 heteroatoms. The zero-order valence-electron chi connectivity index (χ0n) is 17.9. The molecule has 0 aromatic heterocycles. The number of rotatable bonds is 5. The summed E-state index contributed by atoms with van der Waals surface area (Å²) in [6.07, 6.45) is 1.99. The molecule has 1 N–H and O–H groups in total. The van der Waals surface area contributed by atoms with Gasteiger partial charge in [0.1, 0.15) is 0 Å². The minimum atomic E-state index is -0.490. The van der Waals surface area contributed by atoms with Gasteiger partial charge in [0.25, 0.3) is 5.91 Å². The van der Waals surface area contributed by atoms with Gasteiger partial charge in [-0.05, 0) is 48.1 Å². The van der Waals surface area contributed by atoms with Crippen LogP contribution in [0.2, 0.25) is 0 Å². The molecule has 4 rings (SSSR count). The van der Waals surface area contributed by atoms with Crippen LogP contribution >= 0.6 is 0 Å². The molecule has 1 fully saturated rings. The van der Waals surface area contributed by atoms with Crippen LogP contribution in [0.5, 0.6) is 0 Å². The van der Waals surface area contributed by atoms with Gasteiger partial charge in [-0.2, -0.15) is 0 Å². The van der Waals surface area contributed by atoms with Gasteiger partial charge in [0.05, 0.1) is 5.41 Å². The van der Waals surface area contributed by atoms with Crippen molar-refractivity contribution in [3.63, 3.8) is 0 Å². The zero-order valence-corrected chi connectivity index (χ0v) is 17.9. The third-order valence-corrected chi connectivity index (χ3v) is 6.34. The molecule has 1 aliphatic heterocycles. The number of carbonyl (C=O) groups excluding carboxylic acids is 2. The molecule has 1 aliphatic rings. The maximum absolute atomic E-state index is 12.9. The predicted molar refractivity (Wildman–Crippen MR) is 124 cm³/mol. The van der Waals surface area contributed by atoms with Crippen LogP contribution in [-0.4, -0.2) is 36.9 Å². The van der Waals surface area contributed by atoms with Crippen LogP contribution in [0.3, 0.4) is 0 Å². The van der Waals surface area contributed by atoms with Gasteiger partial charge in [-0.1, -0.05) is 72.8 Å². The lowest BCUT2D eigenvalue weighted by molar-refractivity contribution is -0.133. The second-order valence-electron chi connectivity index (χ2n) is 8.26. The first-order valence-electron chi connectivity index (χ1n) is 10.8. The van der Waals surface area contributed by atoms with Gasteiger partial charge in [-0.15, -0.1) is 0 Å². The third kappa shape index (κ3) is 4.53. The summed E-state index contributed by atoms with van der Waals surface area (Å²) in [5.74, 6) is 0.102. The molecule has 0 unspecified atom stereocenters. The molecule has 2 amide bonds. The molecule has 0 radical (unpaired) electrons. The average molecular weight is 413 g/mol. The van der Waals surface area contributed by atoms with Crippen molar-refractivity contribution in [1.82, 2.24) is 10.2 Å². The topological polar surface area (TPSA) is 49.4 Å². The molecule has 0 bridgehead atoms. The smallest absolute Gasteiger partial charge is 0.253 e. The number of nitrogens with one attached hydrogen (secondary N) is 1. The molecule has 4 nitrogen and oxygen atoms in total. The molecule has 158 valence electrons. The molecule has 1 saturated heterocycles. The lowest BCUT2D eigenvalue weighted by Crippen LogP contribution is -2.50. The van der Waals surface area contributed by atoms with Crippen molar-refractivity contribution in [1.29, 1.82) is 0 Å². The van der Waals surface area contributed by atoms with Crippen molar-refractivity contribution in [2.24, 2.45) is 5.41 Å². The highest BCUT2D eigenvalue weighted by Gasteiger charge is 2.41. The van der Waals surface area contributed by atoms with Crippen LogP contribution in [0.1, 0.15) is 28.8 Å². The van der Waals surface area contributed by atoms with E-state index in [1.165, 1.54) is 11.1 Å². The van der Waals surface area contributed by atoms with Gasteiger partial charge in [-0.25, -0.2) is 0 Å². The van der Waals surface area contributed by atoms with E-state index in [0.717, 1.165) is 5.56 Å². The summed E-state index contributed by atoms with van der Waals surface area (Å²) in [4.78, 5) is 27.6. The van der Waals surface area contributed by atoms with E-state index in [0.29, 0.717) is 37.9 Å². The maximum atomic E-state index is 12.9. The lowest BCUT2D eigenvalue weighted by atomic mass is 9.72. The number of nitrogens with zero attached hydrogens (tertiary/aromatic N) is 1. The van der Waals surface area contributed by atoms with Gasteiger partial charge in [0.15, 0.2) is 0 Å². The lowest BCUT2D eigenvalue weighted by Gasteiger charge is -2.40. The van der Waals surface area contributed by atoms with E-state index in [4.69, 9.17) is 0 Å². The van der Waals surface area contributed by atoms with Crippen LogP contribution in [0.25, 0.3) is 11.1 Å². The predicted octanol–water partition coefficient (Wildman–Crippen LogP) is 4.56. The molecular formula is C27H28N2O2. The second-order valence-corrected chi connectivity index (χ2v) is 8.26. The van der Waals surface area contributed by atoms with Crippen molar-refractivity contribution in [2.45, 2.75) is 19.3 Å².